The second-order valence-corrected chi connectivity index (χ2v) is 10.9. The molecule has 37 heavy (non-hydrogen) atoms. The van der Waals surface area contributed by atoms with E-state index in [2.05, 4.69) is 19.6 Å². The second-order valence-electron chi connectivity index (χ2n) is 9.24. The van der Waals surface area contributed by atoms with Gasteiger partial charge < -0.3 is 9.80 Å². The number of amides is 1. The van der Waals surface area contributed by atoms with Gasteiger partial charge in [-0.05, 0) is 42.5 Å². The topological polar surface area (TPSA) is 98.5 Å². The Morgan fingerprint density at radius 3 is 2.51 bits per heavy atom. The Bertz CT molecular complexity index is 1460. The predicted molar refractivity (Wildman–Crippen MR) is 140 cm³/mol. The van der Waals surface area contributed by atoms with Gasteiger partial charge in [0.15, 0.2) is 5.71 Å². The molecule has 0 radical (unpaired) electrons. The van der Waals surface area contributed by atoms with E-state index in [0.717, 1.165) is 22.6 Å². The monoisotopic (exact) mass is 525 g/mol. The van der Waals surface area contributed by atoms with Gasteiger partial charge in [-0.25, -0.2) is 22.8 Å². The first-order valence-electron chi connectivity index (χ1n) is 12.1. The lowest BCUT2D eigenvalue weighted by molar-refractivity contribution is -0.465. The van der Waals surface area contributed by atoms with E-state index >= 15 is 0 Å². The summed E-state index contributed by atoms with van der Waals surface area (Å²) in [7, 11) is -3.77. The summed E-state index contributed by atoms with van der Waals surface area (Å²) in [6.45, 7) is 6.25. The largest absolute Gasteiger partial charge is 0.368 e. The van der Waals surface area contributed by atoms with Crippen molar-refractivity contribution in [2.24, 2.45) is 0 Å². The van der Waals surface area contributed by atoms with Crippen molar-refractivity contribution in [3.63, 3.8) is 0 Å². The molecule has 1 aromatic heterocycles. The summed E-state index contributed by atoms with van der Waals surface area (Å²) in [5, 5.41) is 0. The smallest absolute Gasteiger partial charge is 0.291 e. The summed E-state index contributed by atoms with van der Waals surface area (Å²) >= 11 is 0. The number of nitrogens with one attached hydrogen (secondary N) is 1. The molecule has 1 saturated heterocycles. The van der Waals surface area contributed by atoms with Crippen LogP contribution >= 0.6 is 0 Å². The molecule has 1 unspecified atom stereocenters. The highest BCUT2D eigenvalue weighted by Gasteiger charge is 2.38. The number of hydrogen-bond acceptors (Lipinski definition) is 6. The molecule has 1 N–H and O–H groups in total. The third-order valence-corrected chi connectivity index (χ3v) is 8.20. The van der Waals surface area contributed by atoms with E-state index in [0.29, 0.717) is 32.6 Å². The molecule has 3 aromatic rings. The highest BCUT2D eigenvalue weighted by atomic mass is 32.2. The molecule has 2 aliphatic heterocycles. The molecule has 194 valence electrons. The normalized spacial score (nSPS) is 16.5. The molecule has 5 rings (SSSR count). The Morgan fingerprint density at radius 2 is 1.84 bits per heavy atom. The van der Waals surface area contributed by atoms with Gasteiger partial charge in [0.2, 0.25) is 11.7 Å². The fraction of sp³-hybridized carbons (Fsp3) is 0.308. The van der Waals surface area contributed by atoms with Gasteiger partial charge in [-0.2, -0.15) is 4.58 Å². The van der Waals surface area contributed by atoms with Crippen LogP contribution in [0.15, 0.2) is 66.0 Å². The number of fused-ring (bicyclic) bond motifs is 1. The fourth-order valence-corrected chi connectivity index (χ4v) is 5.99. The molecule has 9 nitrogen and oxygen atoms in total. The SMILES string of the molecule is CC1=[N+](C(C)C(=O)N2CCN(c3ccc(S(=O)(=O)Nc4ccncn4)cc3)CC2)c2ccc(F)cc2C1.[HH]. The molecule has 0 aliphatic carbocycles. The number of aromatic nitrogens is 2. The first-order chi connectivity index (χ1) is 17.7. The molecule has 1 amide bonds. The lowest BCUT2D eigenvalue weighted by Gasteiger charge is -2.36. The molecular formula is C26H30FN6O3S+. The van der Waals surface area contributed by atoms with Crippen LogP contribution in [0.1, 0.15) is 20.8 Å². The summed E-state index contributed by atoms with van der Waals surface area (Å²) in [6, 6.07) is 12.5. The van der Waals surface area contributed by atoms with Crippen molar-refractivity contribution in [3.05, 3.63) is 72.4 Å². The fourth-order valence-electron chi connectivity index (χ4n) is 4.98. The molecule has 0 saturated carbocycles. The van der Waals surface area contributed by atoms with Gasteiger partial charge in [0.05, 0.1) is 11.3 Å². The van der Waals surface area contributed by atoms with E-state index in [1.807, 2.05) is 23.3 Å². The average Bonchev–Trinajstić information content (AvgIpc) is 3.23. The zero-order chi connectivity index (χ0) is 26.2. The summed E-state index contributed by atoms with van der Waals surface area (Å²) < 4.78 is 43.4. The summed E-state index contributed by atoms with van der Waals surface area (Å²) in [5.74, 6) is -0.0315. The van der Waals surface area contributed by atoms with Gasteiger partial charge >= 0.3 is 0 Å². The molecule has 11 heteroatoms. The van der Waals surface area contributed by atoms with Gasteiger partial charge in [0, 0.05) is 65.0 Å². The van der Waals surface area contributed by atoms with Crippen LogP contribution in [0.5, 0.6) is 0 Å². The Morgan fingerprint density at radius 1 is 1.11 bits per heavy atom. The van der Waals surface area contributed by atoms with E-state index < -0.39 is 10.0 Å². The molecule has 2 aromatic carbocycles. The van der Waals surface area contributed by atoms with Crippen molar-refractivity contribution >= 4 is 38.8 Å². The maximum Gasteiger partial charge on any atom is 0.291 e. The van der Waals surface area contributed by atoms with Crippen LogP contribution in [0.4, 0.5) is 21.6 Å². The van der Waals surface area contributed by atoms with E-state index in [-0.39, 0.29) is 29.9 Å². The lowest BCUT2D eigenvalue weighted by Crippen LogP contribution is -2.52. The highest BCUT2D eigenvalue weighted by Crippen LogP contribution is 2.29. The maximum atomic E-state index is 13.7. The Labute approximate surface area is 216 Å². The average molecular weight is 526 g/mol. The Kier molecular flexibility index (Phi) is 6.63. The maximum absolute atomic E-state index is 13.7. The first-order valence-corrected chi connectivity index (χ1v) is 13.5. The highest BCUT2D eigenvalue weighted by molar-refractivity contribution is 7.92. The molecule has 1 atom stereocenters. The van der Waals surface area contributed by atoms with Crippen LogP contribution in [0.25, 0.3) is 0 Å². The van der Waals surface area contributed by atoms with Crippen molar-refractivity contribution in [3.8, 4) is 0 Å². The molecule has 0 bridgehead atoms. The van der Waals surface area contributed by atoms with E-state index in [1.165, 1.54) is 30.7 Å². The zero-order valence-corrected chi connectivity index (χ0v) is 21.4. The second kappa shape index (κ2) is 9.89. The number of carbonyl (C=O) groups is 1. The number of rotatable bonds is 6. The minimum absolute atomic E-state index is 0. The van der Waals surface area contributed by atoms with Gasteiger partial charge in [-0.3, -0.25) is 9.52 Å². The van der Waals surface area contributed by atoms with Crippen LogP contribution in [0.3, 0.4) is 0 Å². The van der Waals surface area contributed by atoms with Crippen molar-refractivity contribution in [1.29, 1.82) is 0 Å². The predicted octanol–water partition coefficient (Wildman–Crippen LogP) is 3.06. The molecule has 2 aliphatic rings. The van der Waals surface area contributed by atoms with E-state index in [4.69, 9.17) is 0 Å². The number of nitrogens with zero attached hydrogens (tertiary/aromatic N) is 5. The van der Waals surface area contributed by atoms with Crippen LogP contribution in [0, 0.1) is 5.82 Å². The number of benzene rings is 2. The Balaban J connectivity index is 0.00000336. The number of hydrogen-bond donors (Lipinski definition) is 1. The number of halogens is 1. The molecule has 3 heterocycles. The first kappa shape index (κ1) is 24.8. The number of anilines is 2. The van der Waals surface area contributed by atoms with Crippen molar-refractivity contribution < 1.29 is 23.6 Å². The van der Waals surface area contributed by atoms with Gasteiger partial charge in [0.25, 0.3) is 15.9 Å². The number of carbonyl (C=O) groups excluding carboxylic acids is 1. The number of piperazine rings is 1. The van der Waals surface area contributed by atoms with Crippen molar-refractivity contribution in [1.82, 2.24) is 14.9 Å². The molecular weight excluding hydrogens is 495 g/mol. The van der Waals surface area contributed by atoms with Crippen molar-refractivity contribution in [2.45, 2.75) is 31.2 Å². The quantitative estimate of drug-likeness (QED) is 0.497. The van der Waals surface area contributed by atoms with E-state index in [1.54, 1.807) is 30.3 Å². The third kappa shape index (κ3) is 5.04. The van der Waals surface area contributed by atoms with Crippen LogP contribution in [0.2, 0.25) is 0 Å². The summed E-state index contributed by atoms with van der Waals surface area (Å²) in [6.07, 6.45) is 3.37. The molecule has 1 fully saturated rings. The van der Waals surface area contributed by atoms with Crippen molar-refractivity contribution in [2.75, 3.05) is 35.8 Å². The third-order valence-electron chi connectivity index (χ3n) is 6.83. The van der Waals surface area contributed by atoms with Crippen LogP contribution in [-0.4, -0.2) is 71.7 Å². The Hall–Kier alpha value is -3.86. The summed E-state index contributed by atoms with van der Waals surface area (Å²) in [5.41, 5.74) is 3.72. The lowest BCUT2D eigenvalue weighted by atomic mass is 10.1. The zero-order valence-electron chi connectivity index (χ0n) is 20.6. The van der Waals surface area contributed by atoms with Gasteiger partial charge in [-0.1, -0.05) is 0 Å². The standard InChI is InChI=1S/C26H28FN6O3S.H2/c1-18-15-20-16-21(27)3-8-24(20)33(18)19(2)26(34)32-13-11-31(12-14-32)22-4-6-23(7-5-22)37(35,36)30-25-9-10-28-17-29-25;/h3-10,16-17,19H,11-15H2,1-2H3,(H,28,29,30);1H/q+1;. The van der Waals surface area contributed by atoms with Gasteiger partial charge in [0.1, 0.15) is 18.0 Å². The van der Waals surface area contributed by atoms with Gasteiger partial charge in [-0.15, -0.1) is 0 Å². The molecule has 0 spiro atoms. The minimum atomic E-state index is -3.77. The number of sulfonamides is 1. The van der Waals surface area contributed by atoms with Crippen LogP contribution in [-0.2, 0) is 21.2 Å². The minimum Gasteiger partial charge on any atom is -0.368 e. The van der Waals surface area contributed by atoms with Crippen LogP contribution < -0.4 is 9.62 Å². The van der Waals surface area contributed by atoms with E-state index in [9.17, 15) is 17.6 Å². The summed E-state index contributed by atoms with van der Waals surface area (Å²) in [4.78, 5) is 25.2.